The van der Waals surface area contributed by atoms with Gasteiger partial charge in [0, 0.05) is 17.2 Å². The molecule has 1 aromatic carbocycles. The minimum Gasteiger partial charge on any atom is -0.480 e. The van der Waals surface area contributed by atoms with Gasteiger partial charge >= 0.3 is 0 Å². The molecule has 1 aromatic heterocycles. The molecular weight excluding hydrogens is 280 g/mol. The lowest BCUT2D eigenvalue weighted by molar-refractivity contribution is 0.0892. The minimum atomic E-state index is -2.60. The molecule has 1 amide bonds. The highest BCUT2D eigenvalue weighted by Crippen LogP contribution is 2.22. The Bertz CT molecular complexity index is 618. The van der Waals surface area contributed by atoms with Gasteiger partial charge in [0.05, 0.1) is 19.3 Å². The number of alkyl halides is 2. The van der Waals surface area contributed by atoms with E-state index in [1.807, 2.05) is 0 Å². The van der Waals surface area contributed by atoms with Crippen LogP contribution in [0.25, 0.3) is 11.3 Å². The second-order valence-corrected chi connectivity index (χ2v) is 4.11. The van der Waals surface area contributed by atoms with Crippen LogP contribution in [0.5, 0.6) is 5.88 Å². The number of amides is 1. The number of nitrogens with zero attached hydrogens (tertiary/aromatic N) is 2. The number of rotatable bonds is 5. The van der Waals surface area contributed by atoms with Gasteiger partial charge in [-0.05, 0) is 12.1 Å². The fraction of sp³-hybridized carbons (Fsp3) is 0.214. The highest BCUT2D eigenvalue weighted by Gasteiger charge is 2.15. The average Bonchev–Trinajstić information content (AvgIpc) is 2.52. The average molecular weight is 293 g/mol. The molecule has 0 aliphatic heterocycles. The predicted octanol–water partition coefficient (Wildman–Crippen LogP) is 2.15. The molecule has 1 N–H and O–H groups in total. The van der Waals surface area contributed by atoms with Crippen molar-refractivity contribution in [2.75, 3.05) is 13.7 Å². The van der Waals surface area contributed by atoms with Crippen LogP contribution in [0.1, 0.15) is 10.4 Å². The molecule has 0 saturated carbocycles. The Kier molecular flexibility index (Phi) is 4.76. The van der Waals surface area contributed by atoms with Crippen molar-refractivity contribution in [3.63, 3.8) is 0 Å². The van der Waals surface area contributed by atoms with Crippen molar-refractivity contribution in [2.24, 2.45) is 0 Å². The number of hydrogen-bond donors (Lipinski definition) is 1. The SMILES string of the molecule is COc1ccc(-c2ccccc2C(=O)NCC(F)F)nn1. The molecule has 0 atom stereocenters. The molecule has 0 fully saturated rings. The maximum absolute atomic E-state index is 12.2. The van der Waals surface area contributed by atoms with Gasteiger partial charge in [-0.1, -0.05) is 18.2 Å². The van der Waals surface area contributed by atoms with Crippen molar-refractivity contribution in [1.29, 1.82) is 0 Å². The smallest absolute Gasteiger partial charge is 0.255 e. The fourth-order valence-electron chi connectivity index (χ4n) is 1.74. The van der Waals surface area contributed by atoms with Crippen molar-refractivity contribution in [3.05, 3.63) is 42.0 Å². The van der Waals surface area contributed by atoms with Gasteiger partial charge < -0.3 is 10.1 Å². The van der Waals surface area contributed by atoms with Crippen molar-refractivity contribution in [3.8, 4) is 17.1 Å². The fourth-order valence-corrected chi connectivity index (χ4v) is 1.74. The summed E-state index contributed by atoms with van der Waals surface area (Å²) in [5, 5.41) is 9.95. The van der Waals surface area contributed by atoms with Crippen LogP contribution in [0.2, 0.25) is 0 Å². The topological polar surface area (TPSA) is 64.1 Å². The second kappa shape index (κ2) is 6.74. The van der Waals surface area contributed by atoms with E-state index in [0.29, 0.717) is 17.1 Å². The normalized spacial score (nSPS) is 10.5. The zero-order chi connectivity index (χ0) is 15.2. The molecule has 21 heavy (non-hydrogen) atoms. The summed E-state index contributed by atoms with van der Waals surface area (Å²) < 4.78 is 29.2. The van der Waals surface area contributed by atoms with Crippen molar-refractivity contribution in [1.82, 2.24) is 15.5 Å². The van der Waals surface area contributed by atoms with Gasteiger partial charge in [0.25, 0.3) is 12.3 Å². The largest absolute Gasteiger partial charge is 0.480 e. The number of aromatic nitrogens is 2. The van der Waals surface area contributed by atoms with E-state index in [9.17, 15) is 13.6 Å². The summed E-state index contributed by atoms with van der Waals surface area (Å²) in [6.07, 6.45) is -2.60. The van der Waals surface area contributed by atoms with Crippen LogP contribution in [-0.4, -0.2) is 36.2 Å². The zero-order valence-electron chi connectivity index (χ0n) is 11.2. The maximum atomic E-state index is 12.2. The van der Waals surface area contributed by atoms with Gasteiger partial charge in [-0.15, -0.1) is 10.2 Å². The first kappa shape index (κ1) is 14.8. The molecule has 0 spiro atoms. The van der Waals surface area contributed by atoms with E-state index in [-0.39, 0.29) is 5.56 Å². The molecular formula is C14H13F2N3O2. The molecule has 2 rings (SSSR count). The Morgan fingerprint density at radius 2 is 2.00 bits per heavy atom. The molecule has 2 aromatic rings. The first-order valence-electron chi connectivity index (χ1n) is 6.15. The van der Waals surface area contributed by atoms with E-state index < -0.39 is 18.9 Å². The third-order valence-corrected chi connectivity index (χ3v) is 2.71. The van der Waals surface area contributed by atoms with Crippen molar-refractivity contribution >= 4 is 5.91 Å². The van der Waals surface area contributed by atoms with Gasteiger partial charge in [-0.25, -0.2) is 8.78 Å². The Morgan fingerprint density at radius 3 is 2.62 bits per heavy atom. The highest BCUT2D eigenvalue weighted by atomic mass is 19.3. The number of methoxy groups -OCH3 is 1. The van der Waals surface area contributed by atoms with Crippen LogP contribution < -0.4 is 10.1 Å². The summed E-state index contributed by atoms with van der Waals surface area (Å²) in [5.41, 5.74) is 1.23. The lowest BCUT2D eigenvalue weighted by Crippen LogP contribution is -2.28. The van der Waals surface area contributed by atoms with Gasteiger partial charge in [0.1, 0.15) is 0 Å². The molecule has 0 unspecified atom stereocenters. The number of benzene rings is 1. The first-order chi connectivity index (χ1) is 10.1. The number of carbonyl (C=O) groups is 1. The molecule has 0 aliphatic carbocycles. The number of carbonyl (C=O) groups excluding carboxylic acids is 1. The van der Waals surface area contributed by atoms with Crippen LogP contribution in [0.3, 0.4) is 0 Å². The molecule has 0 bridgehead atoms. The van der Waals surface area contributed by atoms with Crippen molar-refractivity contribution < 1.29 is 18.3 Å². The molecule has 0 saturated heterocycles. The van der Waals surface area contributed by atoms with Crippen LogP contribution in [-0.2, 0) is 0 Å². The van der Waals surface area contributed by atoms with Gasteiger partial charge in [-0.3, -0.25) is 4.79 Å². The molecule has 0 aliphatic rings. The lowest BCUT2D eigenvalue weighted by atomic mass is 10.0. The van der Waals surface area contributed by atoms with Crippen LogP contribution in [0, 0.1) is 0 Å². The molecule has 110 valence electrons. The number of hydrogen-bond acceptors (Lipinski definition) is 4. The zero-order valence-corrected chi connectivity index (χ0v) is 11.2. The van der Waals surface area contributed by atoms with E-state index in [1.54, 1.807) is 36.4 Å². The van der Waals surface area contributed by atoms with Gasteiger partial charge in [0.15, 0.2) is 0 Å². The predicted molar refractivity (Wildman–Crippen MR) is 72.4 cm³/mol. The van der Waals surface area contributed by atoms with Gasteiger partial charge in [-0.2, -0.15) is 0 Å². The maximum Gasteiger partial charge on any atom is 0.255 e. The number of ether oxygens (including phenoxy) is 1. The first-order valence-corrected chi connectivity index (χ1v) is 6.15. The third-order valence-electron chi connectivity index (χ3n) is 2.71. The minimum absolute atomic E-state index is 0.262. The Morgan fingerprint density at radius 1 is 1.24 bits per heavy atom. The lowest BCUT2D eigenvalue weighted by Gasteiger charge is -2.09. The molecule has 7 heteroatoms. The Hall–Kier alpha value is -2.57. The quantitative estimate of drug-likeness (QED) is 0.917. The third kappa shape index (κ3) is 3.71. The highest BCUT2D eigenvalue weighted by molar-refractivity contribution is 6.00. The number of nitrogens with one attached hydrogen (secondary N) is 1. The van der Waals surface area contributed by atoms with E-state index in [1.165, 1.54) is 7.11 Å². The van der Waals surface area contributed by atoms with E-state index in [0.717, 1.165) is 0 Å². The van der Waals surface area contributed by atoms with Crippen LogP contribution in [0.15, 0.2) is 36.4 Å². The van der Waals surface area contributed by atoms with E-state index in [4.69, 9.17) is 4.74 Å². The Labute approximate surface area is 120 Å². The molecule has 0 radical (unpaired) electrons. The molecule has 1 heterocycles. The molecule has 5 nitrogen and oxygen atoms in total. The summed E-state index contributed by atoms with van der Waals surface area (Å²) in [7, 11) is 1.47. The van der Waals surface area contributed by atoms with Gasteiger partial charge in [0.2, 0.25) is 5.88 Å². The monoisotopic (exact) mass is 293 g/mol. The standard InChI is InChI=1S/C14H13F2N3O2/c1-21-13-7-6-11(18-19-13)9-4-2-3-5-10(9)14(20)17-8-12(15)16/h2-7,12H,8H2,1H3,(H,17,20). The number of halogens is 2. The summed E-state index contributed by atoms with van der Waals surface area (Å²) >= 11 is 0. The van der Waals surface area contributed by atoms with E-state index >= 15 is 0 Å². The summed E-state index contributed by atoms with van der Waals surface area (Å²) in [6.45, 7) is -0.693. The Balaban J connectivity index is 2.29. The van der Waals surface area contributed by atoms with E-state index in [2.05, 4.69) is 15.5 Å². The second-order valence-electron chi connectivity index (χ2n) is 4.11. The summed E-state index contributed by atoms with van der Waals surface area (Å²) in [6, 6.07) is 9.85. The summed E-state index contributed by atoms with van der Waals surface area (Å²) in [5.74, 6) is -0.234. The van der Waals surface area contributed by atoms with Crippen molar-refractivity contribution in [2.45, 2.75) is 6.43 Å². The van der Waals surface area contributed by atoms with Crippen LogP contribution >= 0.6 is 0 Å². The summed E-state index contributed by atoms with van der Waals surface area (Å²) in [4.78, 5) is 11.9. The van der Waals surface area contributed by atoms with Crippen LogP contribution in [0.4, 0.5) is 8.78 Å².